The van der Waals surface area contributed by atoms with Crippen LogP contribution in [0.3, 0.4) is 0 Å². The Morgan fingerprint density at radius 2 is 2.21 bits per heavy atom. The Morgan fingerprint density at radius 3 is 2.71 bits per heavy atom. The van der Waals surface area contributed by atoms with Crippen molar-refractivity contribution in [1.82, 2.24) is 0 Å². The zero-order chi connectivity index (χ0) is 9.97. The summed E-state index contributed by atoms with van der Waals surface area (Å²) in [4.78, 5) is 0. The van der Waals surface area contributed by atoms with Gasteiger partial charge in [0, 0.05) is 0 Å². The Kier molecular flexibility index (Phi) is 3.30. The summed E-state index contributed by atoms with van der Waals surface area (Å²) in [6, 6.07) is 0. The summed E-state index contributed by atoms with van der Waals surface area (Å²) in [5.41, 5.74) is 1.86. The minimum atomic E-state index is 0.935. The van der Waals surface area contributed by atoms with E-state index in [4.69, 9.17) is 0 Å². The molecule has 0 amide bonds. The van der Waals surface area contributed by atoms with E-state index in [1.54, 1.807) is 0 Å². The standard InChI is InChI=1S/C14H24/c1-3-5-6-12(4-2)14-10-11-7-8-13(14)9-11/h10-13H,3-9H2,1-2H3. The lowest BCUT2D eigenvalue weighted by molar-refractivity contribution is 0.458. The second-order valence-corrected chi connectivity index (χ2v) is 5.18. The zero-order valence-corrected chi connectivity index (χ0v) is 9.76. The van der Waals surface area contributed by atoms with Crippen molar-refractivity contribution in [3.05, 3.63) is 11.6 Å². The van der Waals surface area contributed by atoms with Gasteiger partial charge >= 0.3 is 0 Å². The van der Waals surface area contributed by atoms with Gasteiger partial charge in [-0.05, 0) is 49.9 Å². The van der Waals surface area contributed by atoms with Crippen LogP contribution >= 0.6 is 0 Å². The molecular formula is C14H24. The summed E-state index contributed by atoms with van der Waals surface area (Å²) in [6.07, 6.45) is 12.7. The molecule has 0 aromatic rings. The van der Waals surface area contributed by atoms with E-state index in [2.05, 4.69) is 19.9 Å². The van der Waals surface area contributed by atoms with Gasteiger partial charge < -0.3 is 0 Å². The monoisotopic (exact) mass is 192 g/mol. The van der Waals surface area contributed by atoms with Crippen molar-refractivity contribution in [3.63, 3.8) is 0 Å². The third kappa shape index (κ3) is 1.89. The normalized spacial score (nSPS) is 32.0. The fourth-order valence-electron chi connectivity index (χ4n) is 3.41. The van der Waals surface area contributed by atoms with Crippen LogP contribution in [0.2, 0.25) is 0 Å². The highest BCUT2D eigenvalue weighted by molar-refractivity contribution is 5.22. The summed E-state index contributed by atoms with van der Waals surface area (Å²) < 4.78 is 0. The van der Waals surface area contributed by atoms with E-state index in [0.717, 1.165) is 17.8 Å². The molecule has 0 saturated heterocycles. The highest BCUT2D eigenvalue weighted by atomic mass is 14.4. The van der Waals surface area contributed by atoms with Gasteiger partial charge in [0.15, 0.2) is 0 Å². The molecule has 0 aromatic carbocycles. The smallest absolute Gasteiger partial charge is 0.0195 e. The molecule has 2 aliphatic carbocycles. The van der Waals surface area contributed by atoms with Crippen LogP contribution in [0.1, 0.15) is 58.8 Å². The van der Waals surface area contributed by atoms with Gasteiger partial charge in [0.2, 0.25) is 0 Å². The van der Waals surface area contributed by atoms with E-state index < -0.39 is 0 Å². The molecule has 0 radical (unpaired) electrons. The van der Waals surface area contributed by atoms with Gasteiger partial charge in [0.1, 0.15) is 0 Å². The first kappa shape index (κ1) is 10.3. The SMILES string of the molecule is CCCCC(CC)C1=CC2CCC1C2. The van der Waals surface area contributed by atoms with Gasteiger partial charge in [-0.2, -0.15) is 0 Å². The van der Waals surface area contributed by atoms with Crippen LogP contribution < -0.4 is 0 Å². The predicted octanol–water partition coefficient (Wildman–Crippen LogP) is 4.56. The van der Waals surface area contributed by atoms with Gasteiger partial charge in [-0.15, -0.1) is 0 Å². The molecule has 0 spiro atoms. The first-order valence-electron chi connectivity index (χ1n) is 6.56. The molecule has 3 atom stereocenters. The average molecular weight is 192 g/mol. The van der Waals surface area contributed by atoms with Gasteiger partial charge in [-0.3, -0.25) is 0 Å². The van der Waals surface area contributed by atoms with Crippen molar-refractivity contribution in [3.8, 4) is 0 Å². The van der Waals surface area contributed by atoms with Crippen molar-refractivity contribution < 1.29 is 0 Å². The number of fused-ring (bicyclic) bond motifs is 2. The summed E-state index contributed by atoms with van der Waals surface area (Å²) in [7, 11) is 0. The number of hydrogen-bond acceptors (Lipinski definition) is 0. The molecule has 2 rings (SSSR count). The highest BCUT2D eigenvalue weighted by Gasteiger charge is 2.34. The molecular weight excluding hydrogens is 168 g/mol. The van der Waals surface area contributed by atoms with Gasteiger partial charge in [0.05, 0.1) is 0 Å². The molecule has 0 N–H and O–H groups in total. The van der Waals surface area contributed by atoms with Crippen LogP contribution in [0.4, 0.5) is 0 Å². The molecule has 0 nitrogen and oxygen atoms in total. The van der Waals surface area contributed by atoms with Crippen molar-refractivity contribution in [1.29, 1.82) is 0 Å². The highest BCUT2D eigenvalue weighted by Crippen LogP contribution is 2.47. The van der Waals surface area contributed by atoms with Gasteiger partial charge in [-0.1, -0.05) is 38.3 Å². The van der Waals surface area contributed by atoms with E-state index in [1.165, 1.54) is 44.9 Å². The molecule has 80 valence electrons. The van der Waals surface area contributed by atoms with Gasteiger partial charge in [-0.25, -0.2) is 0 Å². The summed E-state index contributed by atoms with van der Waals surface area (Å²) in [5.74, 6) is 2.91. The largest absolute Gasteiger partial charge is 0.0816 e. The Hall–Kier alpha value is -0.260. The van der Waals surface area contributed by atoms with E-state index >= 15 is 0 Å². The third-order valence-corrected chi connectivity index (χ3v) is 4.24. The lowest BCUT2D eigenvalue weighted by atomic mass is 9.83. The molecule has 1 fully saturated rings. The van der Waals surface area contributed by atoms with Crippen molar-refractivity contribution in [2.75, 3.05) is 0 Å². The van der Waals surface area contributed by atoms with Gasteiger partial charge in [0.25, 0.3) is 0 Å². The fraction of sp³-hybridized carbons (Fsp3) is 0.857. The lowest BCUT2D eigenvalue weighted by Gasteiger charge is -2.22. The fourth-order valence-corrected chi connectivity index (χ4v) is 3.41. The lowest BCUT2D eigenvalue weighted by Crippen LogP contribution is -2.09. The second kappa shape index (κ2) is 4.51. The van der Waals surface area contributed by atoms with Crippen LogP contribution in [0.15, 0.2) is 11.6 Å². The van der Waals surface area contributed by atoms with Crippen molar-refractivity contribution in [2.45, 2.75) is 58.8 Å². The topological polar surface area (TPSA) is 0 Å². The molecule has 2 bridgehead atoms. The van der Waals surface area contributed by atoms with Crippen LogP contribution in [0.5, 0.6) is 0 Å². The molecule has 0 aliphatic heterocycles. The summed E-state index contributed by atoms with van der Waals surface area (Å²) in [5, 5.41) is 0. The van der Waals surface area contributed by atoms with Crippen LogP contribution in [0.25, 0.3) is 0 Å². The number of allylic oxidation sites excluding steroid dienone is 2. The number of unbranched alkanes of at least 4 members (excludes halogenated alkanes) is 1. The maximum Gasteiger partial charge on any atom is -0.0195 e. The predicted molar refractivity (Wildman–Crippen MR) is 62.2 cm³/mol. The average Bonchev–Trinajstić information content (AvgIpc) is 2.80. The molecule has 3 unspecified atom stereocenters. The Balaban J connectivity index is 1.95. The summed E-state index contributed by atoms with van der Waals surface area (Å²) in [6.45, 7) is 4.68. The molecule has 0 aromatic heterocycles. The Bertz CT molecular complexity index is 214. The summed E-state index contributed by atoms with van der Waals surface area (Å²) >= 11 is 0. The third-order valence-electron chi connectivity index (χ3n) is 4.24. The Labute approximate surface area is 88.8 Å². The molecule has 0 heterocycles. The first-order chi connectivity index (χ1) is 6.85. The molecule has 14 heavy (non-hydrogen) atoms. The van der Waals surface area contributed by atoms with Crippen LogP contribution in [-0.2, 0) is 0 Å². The molecule has 1 saturated carbocycles. The second-order valence-electron chi connectivity index (χ2n) is 5.18. The Morgan fingerprint density at radius 1 is 1.36 bits per heavy atom. The van der Waals surface area contributed by atoms with Crippen LogP contribution in [0, 0.1) is 17.8 Å². The molecule has 2 aliphatic rings. The number of hydrogen-bond donors (Lipinski definition) is 0. The molecule has 0 heteroatoms. The van der Waals surface area contributed by atoms with Crippen molar-refractivity contribution >= 4 is 0 Å². The van der Waals surface area contributed by atoms with E-state index in [0.29, 0.717) is 0 Å². The van der Waals surface area contributed by atoms with E-state index in [9.17, 15) is 0 Å². The quantitative estimate of drug-likeness (QED) is 0.560. The van der Waals surface area contributed by atoms with Crippen LogP contribution in [-0.4, -0.2) is 0 Å². The van der Waals surface area contributed by atoms with E-state index in [1.807, 2.05) is 5.57 Å². The minimum Gasteiger partial charge on any atom is -0.0816 e. The maximum absolute atomic E-state index is 2.64. The zero-order valence-electron chi connectivity index (χ0n) is 9.76. The first-order valence-corrected chi connectivity index (χ1v) is 6.56. The van der Waals surface area contributed by atoms with E-state index in [-0.39, 0.29) is 0 Å². The minimum absolute atomic E-state index is 0.935. The van der Waals surface area contributed by atoms with Crippen molar-refractivity contribution in [2.24, 2.45) is 17.8 Å². The maximum atomic E-state index is 2.64. The number of rotatable bonds is 5.